The number of amides is 1. The number of nitrogens with two attached hydrogens (primary N) is 2. The average Bonchev–Trinajstić information content (AvgIpc) is 2.25. The minimum atomic E-state index is -0.553. The van der Waals surface area contributed by atoms with Gasteiger partial charge in [0.25, 0.3) is 5.91 Å². The molecule has 0 aromatic heterocycles. The van der Waals surface area contributed by atoms with E-state index in [1.807, 2.05) is 0 Å². The van der Waals surface area contributed by atoms with E-state index in [-0.39, 0.29) is 13.2 Å². The molecule has 15 heavy (non-hydrogen) atoms. The van der Waals surface area contributed by atoms with Crippen molar-refractivity contribution < 1.29 is 14.6 Å². The molecule has 0 saturated carbocycles. The number of hydrogen-bond acceptors (Lipinski definition) is 4. The van der Waals surface area contributed by atoms with E-state index >= 15 is 0 Å². The number of aliphatic hydroxyl groups is 1. The van der Waals surface area contributed by atoms with Crippen molar-refractivity contribution in [3.63, 3.8) is 0 Å². The maximum Gasteiger partial charge on any atom is 0.255 e. The van der Waals surface area contributed by atoms with E-state index in [2.05, 4.69) is 0 Å². The van der Waals surface area contributed by atoms with Crippen molar-refractivity contribution in [2.45, 2.75) is 6.04 Å². The number of aliphatic hydroxyl groups excluding tert-OH is 1. The van der Waals surface area contributed by atoms with Crippen LogP contribution < -0.4 is 16.2 Å². The summed E-state index contributed by atoms with van der Waals surface area (Å²) in [4.78, 5) is 10.5. The maximum atomic E-state index is 10.5. The van der Waals surface area contributed by atoms with Crippen molar-refractivity contribution in [3.8, 4) is 5.75 Å². The second-order valence-corrected chi connectivity index (χ2v) is 3.08. The highest BCUT2D eigenvalue weighted by molar-refractivity contribution is 5.75. The van der Waals surface area contributed by atoms with Crippen LogP contribution in [-0.2, 0) is 4.79 Å². The maximum absolute atomic E-state index is 10.5. The first kappa shape index (κ1) is 11.5. The summed E-state index contributed by atoms with van der Waals surface area (Å²) in [5.74, 6) is -0.0831. The summed E-state index contributed by atoms with van der Waals surface area (Å²) < 4.78 is 5.16. The number of rotatable bonds is 5. The molecule has 1 amide bonds. The fourth-order valence-corrected chi connectivity index (χ4v) is 1.17. The van der Waals surface area contributed by atoms with Crippen LogP contribution in [0.15, 0.2) is 24.3 Å². The molecule has 1 atom stereocenters. The monoisotopic (exact) mass is 210 g/mol. The summed E-state index contributed by atoms with van der Waals surface area (Å²) in [6, 6.07) is 6.42. The second kappa shape index (κ2) is 5.33. The molecule has 0 heterocycles. The van der Waals surface area contributed by atoms with Crippen LogP contribution in [0.2, 0.25) is 0 Å². The lowest BCUT2D eigenvalue weighted by atomic mass is 10.1. The molecule has 5 heteroatoms. The first-order valence-corrected chi connectivity index (χ1v) is 4.51. The topological polar surface area (TPSA) is 98.6 Å². The Morgan fingerprint density at radius 1 is 1.47 bits per heavy atom. The molecule has 5 N–H and O–H groups in total. The fourth-order valence-electron chi connectivity index (χ4n) is 1.17. The Morgan fingerprint density at radius 3 is 2.73 bits per heavy atom. The molecule has 0 bridgehead atoms. The van der Waals surface area contributed by atoms with Crippen molar-refractivity contribution in [2.24, 2.45) is 11.5 Å². The van der Waals surface area contributed by atoms with Gasteiger partial charge in [0.1, 0.15) is 5.75 Å². The van der Waals surface area contributed by atoms with Crippen LogP contribution in [-0.4, -0.2) is 24.2 Å². The zero-order chi connectivity index (χ0) is 11.3. The highest BCUT2D eigenvalue weighted by Gasteiger charge is 2.10. The lowest BCUT2D eigenvalue weighted by Crippen LogP contribution is -2.22. The molecule has 1 rings (SSSR count). The molecule has 0 aliphatic carbocycles. The molecule has 0 aliphatic rings. The van der Waals surface area contributed by atoms with Crippen LogP contribution in [0.3, 0.4) is 0 Å². The van der Waals surface area contributed by atoms with Crippen molar-refractivity contribution >= 4 is 5.91 Å². The zero-order valence-electron chi connectivity index (χ0n) is 8.22. The minimum absolute atomic E-state index is 0.184. The number of carbonyl (C=O) groups excluding carboxylic acids is 1. The Hall–Kier alpha value is -1.59. The molecule has 0 fully saturated rings. The molecule has 82 valence electrons. The van der Waals surface area contributed by atoms with E-state index in [0.717, 1.165) is 0 Å². The fraction of sp³-hybridized carbons (Fsp3) is 0.300. The summed E-state index contributed by atoms with van der Waals surface area (Å²) in [6.07, 6.45) is 0. The van der Waals surface area contributed by atoms with Crippen molar-refractivity contribution in [1.29, 1.82) is 0 Å². The normalized spacial score (nSPS) is 12.1. The molecule has 0 spiro atoms. The number of primary amides is 1. The van der Waals surface area contributed by atoms with Crippen molar-refractivity contribution in [3.05, 3.63) is 29.8 Å². The van der Waals surface area contributed by atoms with E-state index in [4.69, 9.17) is 21.3 Å². The molecular formula is C10H14N2O3. The highest BCUT2D eigenvalue weighted by Crippen LogP contribution is 2.22. The van der Waals surface area contributed by atoms with Crippen LogP contribution >= 0.6 is 0 Å². The SMILES string of the molecule is NC(=O)COc1ccccc1[C@@H](N)CO. The summed E-state index contributed by atoms with van der Waals surface area (Å²) >= 11 is 0. The van der Waals surface area contributed by atoms with Gasteiger partial charge < -0.3 is 21.3 Å². The first-order valence-electron chi connectivity index (χ1n) is 4.51. The third kappa shape index (κ3) is 3.23. The van der Waals surface area contributed by atoms with Gasteiger partial charge in [0.15, 0.2) is 6.61 Å². The van der Waals surface area contributed by atoms with Gasteiger partial charge in [-0.2, -0.15) is 0 Å². The standard InChI is InChI=1S/C10H14N2O3/c11-8(5-13)7-3-1-2-4-9(7)15-6-10(12)14/h1-4,8,13H,5-6,11H2,(H2,12,14)/t8-/m0/s1. The third-order valence-electron chi connectivity index (χ3n) is 1.89. The number of hydrogen-bond donors (Lipinski definition) is 3. The summed E-state index contributed by atoms with van der Waals surface area (Å²) in [6.45, 7) is -0.383. The Morgan fingerprint density at radius 2 is 2.13 bits per heavy atom. The van der Waals surface area contributed by atoms with Gasteiger partial charge in [0, 0.05) is 5.56 Å². The Balaban J connectivity index is 2.81. The van der Waals surface area contributed by atoms with Crippen LogP contribution in [0.5, 0.6) is 5.75 Å². The molecular weight excluding hydrogens is 196 g/mol. The lowest BCUT2D eigenvalue weighted by Gasteiger charge is -2.14. The lowest BCUT2D eigenvalue weighted by molar-refractivity contribution is -0.119. The van der Waals surface area contributed by atoms with Crippen molar-refractivity contribution in [2.75, 3.05) is 13.2 Å². The molecule has 0 saturated heterocycles. The molecule has 1 aromatic rings. The zero-order valence-corrected chi connectivity index (χ0v) is 8.22. The van der Waals surface area contributed by atoms with E-state index in [1.54, 1.807) is 24.3 Å². The van der Waals surface area contributed by atoms with Gasteiger partial charge in [-0.15, -0.1) is 0 Å². The molecule has 0 aliphatic heterocycles. The predicted octanol–water partition coefficient (Wildman–Crippen LogP) is -0.457. The van der Waals surface area contributed by atoms with Gasteiger partial charge in [-0.05, 0) is 6.07 Å². The second-order valence-electron chi connectivity index (χ2n) is 3.08. The van der Waals surface area contributed by atoms with Gasteiger partial charge in [0.2, 0.25) is 0 Å². The average molecular weight is 210 g/mol. The molecule has 1 aromatic carbocycles. The van der Waals surface area contributed by atoms with Gasteiger partial charge in [0.05, 0.1) is 12.6 Å². The van der Waals surface area contributed by atoms with Crippen LogP contribution in [0.25, 0.3) is 0 Å². The Bertz CT molecular complexity index is 341. The summed E-state index contributed by atoms with van der Waals surface area (Å²) in [7, 11) is 0. The van der Waals surface area contributed by atoms with E-state index < -0.39 is 11.9 Å². The summed E-state index contributed by atoms with van der Waals surface area (Å²) in [5, 5.41) is 8.92. The smallest absolute Gasteiger partial charge is 0.255 e. The van der Waals surface area contributed by atoms with E-state index in [0.29, 0.717) is 11.3 Å². The number of ether oxygens (including phenoxy) is 1. The van der Waals surface area contributed by atoms with E-state index in [9.17, 15) is 4.79 Å². The Kier molecular flexibility index (Phi) is 4.08. The molecule has 0 radical (unpaired) electrons. The van der Waals surface area contributed by atoms with E-state index in [1.165, 1.54) is 0 Å². The number of carbonyl (C=O) groups is 1. The molecule has 0 unspecified atom stereocenters. The van der Waals surface area contributed by atoms with Crippen LogP contribution in [0.4, 0.5) is 0 Å². The van der Waals surface area contributed by atoms with Crippen LogP contribution in [0.1, 0.15) is 11.6 Å². The third-order valence-corrected chi connectivity index (χ3v) is 1.89. The van der Waals surface area contributed by atoms with Gasteiger partial charge in [-0.3, -0.25) is 4.79 Å². The quantitative estimate of drug-likeness (QED) is 0.612. The minimum Gasteiger partial charge on any atom is -0.483 e. The van der Waals surface area contributed by atoms with Gasteiger partial charge >= 0.3 is 0 Å². The van der Waals surface area contributed by atoms with Crippen LogP contribution in [0, 0.1) is 0 Å². The van der Waals surface area contributed by atoms with Gasteiger partial charge in [-0.1, -0.05) is 18.2 Å². The molecule has 5 nitrogen and oxygen atoms in total. The van der Waals surface area contributed by atoms with Crippen molar-refractivity contribution in [1.82, 2.24) is 0 Å². The number of para-hydroxylation sites is 1. The predicted molar refractivity (Wildman–Crippen MR) is 55.1 cm³/mol. The highest BCUT2D eigenvalue weighted by atomic mass is 16.5. The largest absolute Gasteiger partial charge is 0.483 e. The first-order chi connectivity index (χ1) is 7.15. The Labute approximate surface area is 87.6 Å². The number of benzene rings is 1. The van der Waals surface area contributed by atoms with Gasteiger partial charge in [-0.25, -0.2) is 0 Å². The summed E-state index contributed by atoms with van der Waals surface area (Å²) in [5.41, 5.74) is 11.3.